The molecule has 0 saturated carbocycles. The molecular formula is C23H29N5O4S2. The van der Waals surface area contributed by atoms with Crippen LogP contribution in [-0.2, 0) is 9.59 Å². The molecule has 0 unspecified atom stereocenters. The number of fused-ring (bicyclic) bond motifs is 1. The molecule has 182 valence electrons. The highest BCUT2D eigenvalue weighted by atomic mass is 32.2. The molecule has 34 heavy (non-hydrogen) atoms. The van der Waals surface area contributed by atoms with Crippen molar-refractivity contribution in [2.45, 2.75) is 33.7 Å². The fraction of sp³-hybridized carbons (Fsp3) is 0.435. The zero-order valence-corrected chi connectivity index (χ0v) is 21.6. The number of piperazine rings is 1. The molecule has 1 amide bonds. The maximum Gasteiger partial charge on any atom is 0.300 e. The summed E-state index contributed by atoms with van der Waals surface area (Å²) in [6.45, 7) is 10.2. The van der Waals surface area contributed by atoms with Crippen LogP contribution in [0.5, 0.6) is 0 Å². The van der Waals surface area contributed by atoms with E-state index < -0.39 is 5.97 Å². The highest BCUT2D eigenvalue weighted by Crippen LogP contribution is 2.34. The number of rotatable bonds is 3. The minimum absolute atomic E-state index is 0.0287. The van der Waals surface area contributed by atoms with E-state index in [9.17, 15) is 9.59 Å². The van der Waals surface area contributed by atoms with E-state index in [-0.39, 0.29) is 17.5 Å². The standard InChI is InChI=1S/C21H25N5O2S2.C2H4O2/c1-13(2)26-20(28)16(30-21(26)29)11-15-18(24-9-7-23(4)8-10-24)22-17-6-5-14(3)12-25(17)19(15)27;1-2(3)4/h5-6,11-13H,7-10H2,1-4H3;1H3,(H,3,4)/b16-11-;. The Hall–Kier alpha value is -2.76. The molecule has 0 aliphatic carbocycles. The highest BCUT2D eigenvalue weighted by Gasteiger charge is 2.34. The van der Waals surface area contributed by atoms with Crippen molar-refractivity contribution in [2.24, 2.45) is 0 Å². The Balaban J connectivity index is 0.000000751. The lowest BCUT2D eigenvalue weighted by Crippen LogP contribution is -2.45. The van der Waals surface area contributed by atoms with E-state index in [2.05, 4.69) is 16.8 Å². The summed E-state index contributed by atoms with van der Waals surface area (Å²) in [5, 5.41) is 7.42. The van der Waals surface area contributed by atoms with Gasteiger partial charge >= 0.3 is 0 Å². The molecule has 2 aliphatic rings. The molecule has 2 fully saturated rings. The summed E-state index contributed by atoms with van der Waals surface area (Å²) in [6.07, 6.45) is 3.47. The summed E-state index contributed by atoms with van der Waals surface area (Å²) in [7, 11) is 2.08. The van der Waals surface area contributed by atoms with Crippen molar-refractivity contribution >= 4 is 57.7 Å². The van der Waals surface area contributed by atoms with E-state index in [0.29, 0.717) is 26.3 Å². The first-order valence-corrected chi connectivity index (χ1v) is 12.1. The number of hydrogen-bond donors (Lipinski definition) is 1. The van der Waals surface area contributed by atoms with Crippen LogP contribution in [0.2, 0.25) is 0 Å². The van der Waals surface area contributed by atoms with Crippen LogP contribution in [0.3, 0.4) is 0 Å². The SMILES string of the molecule is CC(=O)O.Cc1ccc2nc(N3CCN(C)CC3)c(/C=C3\SC(=S)N(C(C)C)C3=O)c(=O)n2c1. The Morgan fingerprint density at radius 1 is 1.21 bits per heavy atom. The Morgan fingerprint density at radius 2 is 1.82 bits per heavy atom. The first-order chi connectivity index (χ1) is 16.0. The van der Waals surface area contributed by atoms with Crippen molar-refractivity contribution in [1.29, 1.82) is 0 Å². The number of amides is 1. The molecule has 2 aromatic rings. The molecule has 11 heteroatoms. The first kappa shape index (κ1) is 25.9. The number of pyridine rings is 1. The predicted octanol–water partition coefficient (Wildman–Crippen LogP) is 2.46. The average Bonchev–Trinajstić information content (AvgIpc) is 3.03. The molecule has 4 heterocycles. The fourth-order valence-electron chi connectivity index (χ4n) is 3.69. The number of carboxylic acids is 1. The topological polar surface area (TPSA) is 98.5 Å². The Labute approximate surface area is 208 Å². The number of nitrogens with zero attached hydrogens (tertiary/aromatic N) is 5. The van der Waals surface area contributed by atoms with E-state index >= 15 is 0 Å². The lowest BCUT2D eigenvalue weighted by molar-refractivity contribution is -0.134. The second-order valence-electron chi connectivity index (χ2n) is 8.54. The van der Waals surface area contributed by atoms with Gasteiger partial charge in [-0.1, -0.05) is 30.0 Å². The van der Waals surface area contributed by atoms with E-state index in [1.54, 1.807) is 21.6 Å². The number of likely N-dealkylation sites (N-methyl/N-ethyl adjacent to an activating group) is 1. The van der Waals surface area contributed by atoms with Gasteiger partial charge in [-0.05, 0) is 45.5 Å². The van der Waals surface area contributed by atoms with Gasteiger partial charge in [0.1, 0.15) is 15.8 Å². The lowest BCUT2D eigenvalue weighted by atomic mass is 10.2. The molecule has 0 radical (unpaired) electrons. The third kappa shape index (κ3) is 5.65. The monoisotopic (exact) mass is 503 g/mol. The van der Waals surface area contributed by atoms with E-state index in [1.165, 1.54) is 11.8 Å². The molecule has 4 rings (SSSR count). The number of carbonyl (C=O) groups is 2. The van der Waals surface area contributed by atoms with Gasteiger partial charge in [0.05, 0.1) is 10.5 Å². The van der Waals surface area contributed by atoms with Gasteiger partial charge in [-0.3, -0.25) is 23.7 Å². The third-order valence-electron chi connectivity index (χ3n) is 5.40. The Morgan fingerprint density at radius 3 is 2.38 bits per heavy atom. The Kier molecular flexibility index (Phi) is 8.11. The largest absolute Gasteiger partial charge is 0.481 e. The number of carboxylic acid groups (broad SMARTS) is 1. The third-order valence-corrected chi connectivity index (χ3v) is 6.73. The van der Waals surface area contributed by atoms with Crippen LogP contribution in [0.4, 0.5) is 5.82 Å². The average molecular weight is 504 g/mol. The number of anilines is 1. The number of thioether (sulfide) groups is 1. The summed E-state index contributed by atoms with van der Waals surface area (Å²) < 4.78 is 2.08. The number of aromatic nitrogens is 2. The van der Waals surface area contributed by atoms with Gasteiger partial charge in [0.15, 0.2) is 0 Å². The minimum atomic E-state index is -0.833. The molecule has 0 aromatic carbocycles. The van der Waals surface area contributed by atoms with Gasteiger partial charge in [-0.15, -0.1) is 0 Å². The molecule has 1 N–H and O–H groups in total. The van der Waals surface area contributed by atoms with Gasteiger partial charge in [-0.25, -0.2) is 4.98 Å². The van der Waals surface area contributed by atoms with Gasteiger partial charge in [0.2, 0.25) is 0 Å². The summed E-state index contributed by atoms with van der Waals surface area (Å²) >= 11 is 6.64. The summed E-state index contributed by atoms with van der Waals surface area (Å²) in [5.41, 5.74) is 1.83. The van der Waals surface area contributed by atoms with Crippen molar-refractivity contribution in [2.75, 3.05) is 38.1 Å². The number of thiocarbonyl (C=S) groups is 1. The summed E-state index contributed by atoms with van der Waals surface area (Å²) in [6, 6.07) is 3.78. The van der Waals surface area contributed by atoms with Crippen LogP contribution >= 0.6 is 24.0 Å². The van der Waals surface area contributed by atoms with Crippen molar-refractivity contribution in [3.63, 3.8) is 0 Å². The Bertz CT molecular complexity index is 1210. The lowest BCUT2D eigenvalue weighted by Gasteiger charge is -2.34. The van der Waals surface area contributed by atoms with E-state index in [0.717, 1.165) is 38.7 Å². The number of carbonyl (C=O) groups excluding carboxylic acids is 1. The van der Waals surface area contributed by atoms with Crippen LogP contribution < -0.4 is 10.5 Å². The number of aryl methyl sites for hydroxylation is 1. The van der Waals surface area contributed by atoms with Crippen molar-refractivity contribution in [1.82, 2.24) is 19.2 Å². The second-order valence-corrected chi connectivity index (χ2v) is 10.2. The second kappa shape index (κ2) is 10.7. The molecule has 2 aliphatic heterocycles. The van der Waals surface area contributed by atoms with Crippen LogP contribution in [0.15, 0.2) is 28.0 Å². The van der Waals surface area contributed by atoms with Crippen molar-refractivity contribution in [3.05, 3.63) is 44.7 Å². The normalized spacial score (nSPS) is 18.1. The number of aliphatic carboxylic acids is 1. The quantitative estimate of drug-likeness (QED) is 0.500. The summed E-state index contributed by atoms with van der Waals surface area (Å²) in [5.74, 6) is -0.357. The van der Waals surface area contributed by atoms with Gasteiger partial charge < -0.3 is 14.9 Å². The van der Waals surface area contributed by atoms with E-state index in [1.807, 2.05) is 32.9 Å². The highest BCUT2D eigenvalue weighted by molar-refractivity contribution is 8.26. The van der Waals surface area contributed by atoms with Crippen molar-refractivity contribution < 1.29 is 14.7 Å². The first-order valence-electron chi connectivity index (χ1n) is 10.9. The maximum absolute atomic E-state index is 13.5. The molecule has 2 aromatic heterocycles. The predicted molar refractivity (Wildman–Crippen MR) is 139 cm³/mol. The zero-order chi connectivity index (χ0) is 25.2. The molecule has 9 nitrogen and oxygen atoms in total. The number of hydrogen-bond acceptors (Lipinski definition) is 8. The molecule has 0 spiro atoms. The van der Waals surface area contributed by atoms with Gasteiger partial charge in [-0.2, -0.15) is 0 Å². The summed E-state index contributed by atoms with van der Waals surface area (Å²) in [4.78, 5) is 46.7. The van der Waals surface area contributed by atoms with Crippen LogP contribution in [0, 0.1) is 6.92 Å². The van der Waals surface area contributed by atoms with Gasteiger partial charge in [0, 0.05) is 45.3 Å². The molecular weight excluding hydrogens is 474 g/mol. The van der Waals surface area contributed by atoms with Crippen LogP contribution in [0.25, 0.3) is 11.7 Å². The van der Waals surface area contributed by atoms with E-state index in [4.69, 9.17) is 27.1 Å². The minimum Gasteiger partial charge on any atom is -0.481 e. The smallest absolute Gasteiger partial charge is 0.300 e. The van der Waals surface area contributed by atoms with Crippen molar-refractivity contribution in [3.8, 4) is 0 Å². The van der Waals surface area contributed by atoms with Gasteiger partial charge in [0.25, 0.3) is 17.4 Å². The fourth-order valence-corrected chi connectivity index (χ4v) is 5.19. The maximum atomic E-state index is 13.5. The van der Waals surface area contributed by atoms with Crippen LogP contribution in [-0.4, -0.2) is 79.8 Å². The molecule has 2 saturated heterocycles. The van der Waals surface area contributed by atoms with Crippen LogP contribution in [0.1, 0.15) is 31.9 Å². The zero-order valence-electron chi connectivity index (χ0n) is 19.9. The molecule has 0 bridgehead atoms. The molecule has 0 atom stereocenters.